The molecule has 1 aromatic heterocycles. The molecule has 4 nitrogen and oxygen atoms in total. The minimum Gasteiger partial charge on any atom is -0.487 e. The fraction of sp³-hybridized carbons (Fsp3) is 0.143. The Balaban J connectivity index is 1.45. The highest BCUT2D eigenvalue weighted by atomic mass is 19.1. The summed E-state index contributed by atoms with van der Waals surface area (Å²) in [7, 11) is 0. The maximum atomic E-state index is 12.9. The zero-order valence-electron chi connectivity index (χ0n) is 14.2. The summed E-state index contributed by atoms with van der Waals surface area (Å²) in [5.41, 5.74) is 2.62. The Bertz CT molecular complexity index is 834. The first kappa shape index (κ1) is 17.6. The summed E-state index contributed by atoms with van der Waals surface area (Å²) >= 11 is 0. The molecule has 132 valence electrons. The van der Waals surface area contributed by atoms with Crippen LogP contribution in [0.2, 0.25) is 0 Å². The molecule has 0 atom stereocenters. The lowest BCUT2D eigenvalue weighted by Crippen LogP contribution is -2.24. The lowest BCUT2D eigenvalue weighted by Gasteiger charge is -2.08. The van der Waals surface area contributed by atoms with E-state index in [1.807, 2.05) is 42.5 Å². The van der Waals surface area contributed by atoms with Crippen LogP contribution in [0.25, 0.3) is 0 Å². The van der Waals surface area contributed by atoms with Crippen LogP contribution in [0.4, 0.5) is 4.39 Å². The Kier molecular flexibility index (Phi) is 5.93. The predicted molar refractivity (Wildman–Crippen MR) is 97.0 cm³/mol. The van der Waals surface area contributed by atoms with Gasteiger partial charge in [0.1, 0.15) is 18.2 Å². The van der Waals surface area contributed by atoms with Gasteiger partial charge in [-0.15, -0.1) is 0 Å². The number of aromatic nitrogens is 1. The average Bonchev–Trinajstić information content (AvgIpc) is 2.68. The molecule has 5 heteroatoms. The molecule has 0 radical (unpaired) electrons. The van der Waals surface area contributed by atoms with Crippen LogP contribution in [-0.4, -0.2) is 10.9 Å². The van der Waals surface area contributed by atoms with Gasteiger partial charge in [0.15, 0.2) is 0 Å². The van der Waals surface area contributed by atoms with E-state index >= 15 is 0 Å². The quantitative estimate of drug-likeness (QED) is 0.707. The van der Waals surface area contributed by atoms with Crippen LogP contribution in [0, 0.1) is 5.82 Å². The van der Waals surface area contributed by atoms with Gasteiger partial charge in [-0.1, -0.05) is 30.3 Å². The van der Waals surface area contributed by atoms with Crippen LogP contribution in [0.5, 0.6) is 5.75 Å². The summed E-state index contributed by atoms with van der Waals surface area (Å²) in [4.78, 5) is 16.2. The number of benzene rings is 2. The molecule has 0 aliphatic heterocycles. The number of ether oxygens (including phenoxy) is 1. The Morgan fingerprint density at radius 1 is 0.962 bits per heavy atom. The van der Waals surface area contributed by atoms with Crippen molar-refractivity contribution >= 4 is 5.91 Å². The summed E-state index contributed by atoms with van der Waals surface area (Å²) in [5, 5.41) is 2.86. The van der Waals surface area contributed by atoms with Crippen LogP contribution >= 0.6 is 0 Å². The predicted octanol–water partition coefficient (Wildman–Crippen LogP) is 3.66. The largest absolute Gasteiger partial charge is 0.487 e. The Hall–Kier alpha value is -3.21. The van der Waals surface area contributed by atoms with E-state index in [0.717, 1.165) is 22.6 Å². The van der Waals surface area contributed by atoms with Crippen molar-refractivity contribution in [2.24, 2.45) is 0 Å². The molecule has 1 amide bonds. The summed E-state index contributed by atoms with van der Waals surface area (Å²) < 4.78 is 18.5. The summed E-state index contributed by atoms with van der Waals surface area (Å²) in [6.45, 7) is 0.842. The minimum absolute atomic E-state index is 0.105. The van der Waals surface area contributed by atoms with Crippen LogP contribution in [0.3, 0.4) is 0 Å². The van der Waals surface area contributed by atoms with E-state index in [1.165, 1.54) is 12.1 Å². The van der Waals surface area contributed by atoms with Gasteiger partial charge in [-0.2, -0.15) is 0 Å². The van der Waals surface area contributed by atoms with E-state index in [9.17, 15) is 9.18 Å². The van der Waals surface area contributed by atoms with Gasteiger partial charge < -0.3 is 10.1 Å². The fourth-order valence-electron chi connectivity index (χ4n) is 2.40. The first-order valence-corrected chi connectivity index (χ1v) is 8.32. The second-order valence-corrected chi connectivity index (χ2v) is 5.83. The van der Waals surface area contributed by atoms with E-state index < -0.39 is 0 Å². The van der Waals surface area contributed by atoms with Crippen molar-refractivity contribution in [1.82, 2.24) is 10.3 Å². The number of halogens is 1. The minimum atomic E-state index is -0.306. The van der Waals surface area contributed by atoms with Gasteiger partial charge in [0.05, 0.1) is 12.1 Å². The maximum absolute atomic E-state index is 12.9. The lowest BCUT2D eigenvalue weighted by atomic mass is 10.1. The average molecular weight is 350 g/mol. The topological polar surface area (TPSA) is 51.2 Å². The Labute approximate surface area is 151 Å². The van der Waals surface area contributed by atoms with Gasteiger partial charge in [-0.25, -0.2) is 4.39 Å². The van der Waals surface area contributed by atoms with E-state index in [0.29, 0.717) is 13.2 Å². The number of amides is 1. The SMILES string of the molecule is O=C(Cc1ccc(F)cc1)NCc1ccc(OCc2ccccn2)cc1. The normalized spacial score (nSPS) is 10.3. The molecule has 0 unspecified atom stereocenters. The van der Waals surface area contributed by atoms with Crippen molar-refractivity contribution in [2.75, 3.05) is 0 Å². The Morgan fingerprint density at radius 3 is 2.38 bits per heavy atom. The van der Waals surface area contributed by atoms with Gasteiger partial charge in [0.25, 0.3) is 0 Å². The van der Waals surface area contributed by atoms with Crippen LogP contribution in [0.15, 0.2) is 72.9 Å². The molecule has 0 aliphatic rings. The molecule has 0 fully saturated rings. The van der Waals surface area contributed by atoms with Crippen LogP contribution < -0.4 is 10.1 Å². The van der Waals surface area contributed by atoms with Crippen LogP contribution in [-0.2, 0) is 24.4 Å². The van der Waals surface area contributed by atoms with E-state index in [-0.39, 0.29) is 18.1 Å². The number of nitrogens with one attached hydrogen (secondary N) is 1. The third-order valence-electron chi connectivity index (χ3n) is 3.80. The third kappa shape index (κ3) is 5.41. The molecule has 3 rings (SSSR count). The van der Waals surface area contributed by atoms with E-state index in [4.69, 9.17) is 4.74 Å². The van der Waals surface area contributed by atoms with E-state index in [2.05, 4.69) is 10.3 Å². The third-order valence-corrected chi connectivity index (χ3v) is 3.80. The van der Waals surface area contributed by atoms with Gasteiger partial charge in [0, 0.05) is 12.7 Å². The molecule has 3 aromatic rings. The second-order valence-electron chi connectivity index (χ2n) is 5.83. The van der Waals surface area contributed by atoms with Crippen molar-refractivity contribution in [2.45, 2.75) is 19.6 Å². The zero-order chi connectivity index (χ0) is 18.2. The van der Waals surface area contributed by atoms with E-state index in [1.54, 1.807) is 18.3 Å². The molecule has 0 aliphatic carbocycles. The standard InChI is InChI=1S/C21H19FN2O2/c22-18-8-4-16(5-9-18)13-21(25)24-14-17-6-10-20(11-7-17)26-15-19-3-1-2-12-23-19/h1-12H,13-15H2,(H,24,25). The molecule has 26 heavy (non-hydrogen) atoms. The number of carbonyl (C=O) groups excluding carboxylic acids is 1. The summed E-state index contributed by atoms with van der Waals surface area (Å²) in [6.07, 6.45) is 1.96. The number of nitrogens with zero attached hydrogens (tertiary/aromatic N) is 1. The molecule has 0 spiro atoms. The van der Waals surface area contributed by atoms with Crippen molar-refractivity contribution < 1.29 is 13.9 Å². The molecule has 2 aromatic carbocycles. The monoisotopic (exact) mass is 350 g/mol. The summed E-state index contributed by atoms with van der Waals surface area (Å²) in [6, 6.07) is 19.2. The lowest BCUT2D eigenvalue weighted by molar-refractivity contribution is -0.120. The second kappa shape index (κ2) is 8.76. The number of hydrogen-bond donors (Lipinski definition) is 1. The molecular weight excluding hydrogens is 331 g/mol. The van der Waals surface area contributed by atoms with Gasteiger partial charge in [-0.3, -0.25) is 9.78 Å². The molecule has 0 saturated carbocycles. The molecular formula is C21H19FN2O2. The van der Waals surface area contributed by atoms with Crippen LogP contribution in [0.1, 0.15) is 16.8 Å². The number of pyridine rings is 1. The summed E-state index contributed by atoms with van der Waals surface area (Å²) in [5.74, 6) is 0.337. The molecule has 1 N–H and O–H groups in total. The van der Waals surface area contributed by atoms with Crippen molar-refractivity contribution in [3.05, 3.63) is 95.6 Å². The van der Waals surface area contributed by atoms with Crippen molar-refractivity contribution in [1.29, 1.82) is 0 Å². The number of rotatable bonds is 7. The number of carbonyl (C=O) groups is 1. The first-order chi connectivity index (χ1) is 12.7. The molecule has 0 bridgehead atoms. The first-order valence-electron chi connectivity index (χ1n) is 8.32. The van der Waals surface area contributed by atoms with Gasteiger partial charge in [0.2, 0.25) is 5.91 Å². The zero-order valence-corrected chi connectivity index (χ0v) is 14.2. The number of hydrogen-bond acceptors (Lipinski definition) is 3. The Morgan fingerprint density at radius 2 is 1.69 bits per heavy atom. The highest BCUT2D eigenvalue weighted by molar-refractivity contribution is 5.78. The van der Waals surface area contributed by atoms with Gasteiger partial charge >= 0.3 is 0 Å². The maximum Gasteiger partial charge on any atom is 0.224 e. The fourth-order valence-corrected chi connectivity index (χ4v) is 2.40. The highest BCUT2D eigenvalue weighted by Gasteiger charge is 2.04. The van der Waals surface area contributed by atoms with Crippen molar-refractivity contribution in [3.63, 3.8) is 0 Å². The molecule has 1 heterocycles. The van der Waals surface area contributed by atoms with Gasteiger partial charge in [-0.05, 0) is 47.5 Å². The smallest absolute Gasteiger partial charge is 0.224 e. The van der Waals surface area contributed by atoms with Crippen molar-refractivity contribution in [3.8, 4) is 5.75 Å². The highest BCUT2D eigenvalue weighted by Crippen LogP contribution is 2.14. The molecule has 0 saturated heterocycles.